The van der Waals surface area contributed by atoms with Crippen molar-refractivity contribution in [2.45, 2.75) is 109 Å². The van der Waals surface area contributed by atoms with Gasteiger partial charge in [-0.3, -0.25) is 33.3 Å². The van der Waals surface area contributed by atoms with Crippen molar-refractivity contribution in [1.29, 1.82) is 0 Å². The number of aliphatic hydroxyl groups excluding tert-OH is 1. The fourth-order valence-corrected chi connectivity index (χ4v) is 6.34. The number of primary amides is 1. The second-order valence-corrected chi connectivity index (χ2v) is 15.2. The van der Waals surface area contributed by atoms with E-state index in [-0.39, 0.29) is 31.2 Å². The summed E-state index contributed by atoms with van der Waals surface area (Å²) in [5.41, 5.74) is 6.98. The van der Waals surface area contributed by atoms with Crippen molar-refractivity contribution in [3.8, 4) is 0 Å². The first-order valence-electron chi connectivity index (χ1n) is 18.5. The van der Waals surface area contributed by atoms with E-state index in [2.05, 4.69) is 47.9 Å². The molecule has 0 unspecified atom stereocenters. The number of aromatic amines is 1. The lowest BCUT2D eigenvalue weighted by molar-refractivity contribution is -0.137. The zero-order valence-electron chi connectivity index (χ0n) is 32.3. The van der Waals surface area contributed by atoms with Gasteiger partial charge in [0.05, 0.1) is 25.6 Å². The van der Waals surface area contributed by atoms with Gasteiger partial charge in [-0.1, -0.05) is 63.4 Å². The summed E-state index contributed by atoms with van der Waals surface area (Å²) in [7, 11) is -5.09. The Morgan fingerprint density at radius 2 is 1.48 bits per heavy atom. The lowest BCUT2D eigenvalue weighted by Crippen LogP contribution is -2.60. The van der Waals surface area contributed by atoms with Crippen LogP contribution >= 0.6 is 7.82 Å². The second-order valence-electron chi connectivity index (χ2n) is 14.0. The second kappa shape index (κ2) is 24.1. The normalized spacial score (nSPS) is 14.1. The Morgan fingerprint density at radius 1 is 0.875 bits per heavy atom. The molecule has 2 rings (SSSR count). The molecule has 6 amide bonds. The summed E-state index contributed by atoms with van der Waals surface area (Å²) in [6.07, 6.45) is 6.82. The number of H-pyrrole nitrogens is 1. The maximum absolute atomic E-state index is 13.7. The Labute approximate surface area is 326 Å². The number of phosphoric ester groups is 1. The lowest BCUT2D eigenvalue weighted by Gasteiger charge is -2.27. The van der Waals surface area contributed by atoms with E-state index in [1.54, 1.807) is 0 Å². The molecule has 0 fully saturated rings. The van der Waals surface area contributed by atoms with Gasteiger partial charge in [-0.25, -0.2) is 9.55 Å². The van der Waals surface area contributed by atoms with Crippen LogP contribution in [0.2, 0.25) is 0 Å². The number of amides is 6. The SMILES string of the molecule is CC(=O)N(CCCCCCCc1ccccc1)CC(=O)N[C@@H](CC(C)C)C(=O)N[C@@H](Cc1cnc[nH]1)C(=O)N[C@@H](CO)C(=O)N[C@H](C(N)=O)[C@@H](C)OP(=O)(O)O. The van der Waals surface area contributed by atoms with E-state index >= 15 is 0 Å². The molecule has 19 nitrogen and oxygen atoms in total. The lowest BCUT2D eigenvalue weighted by atomic mass is 10.0. The van der Waals surface area contributed by atoms with Crippen molar-refractivity contribution in [3.63, 3.8) is 0 Å². The van der Waals surface area contributed by atoms with Crippen LogP contribution in [0.15, 0.2) is 42.9 Å². The number of nitrogens with zero attached hydrogens (tertiary/aromatic N) is 2. The fourth-order valence-electron chi connectivity index (χ4n) is 5.79. The van der Waals surface area contributed by atoms with Gasteiger partial charge in [0.25, 0.3) is 0 Å². The van der Waals surface area contributed by atoms with Crippen molar-refractivity contribution in [1.82, 2.24) is 36.1 Å². The number of rotatable bonds is 26. The van der Waals surface area contributed by atoms with Gasteiger partial charge in [-0.2, -0.15) is 0 Å². The Bertz CT molecular complexity index is 1610. The highest BCUT2D eigenvalue weighted by Crippen LogP contribution is 2.38. The number of nitrogens with one attached hydrogen (secondary N) is 5. The van der Waals surface area contributed by atoms with Gasteiger partial charge in [0.15, 0.2) is 0 Å². The van der Waals surface area contributed by atoms with E-state index in [0.29, 0.717) is 18.7 Å². The number of hydrogen-bond acceptors (Lipinski definition) is 10. The van der Waals surface area contributed by atoms with Crippen molar-refractivity contribution < 1.29 is 52.7 Å². The van der Waals surface area contributed by atoms with Crippen LogP contribution in [0.3, 0.4) is 0 Å². The number of nitrogens with two attached hydrogens (primary N) is 1. The minimum absolute atomic E-state index is 0.0886. The number of hydrogen-bond donors (Lipinski definition) is 9. The zero-order valence-corrected chi connectivity index (χ0v) is 33.2. The van der Waals surface area contributed by atoms with Gasteiger partial charge in [0.2, 0.25) is 35.4 Å². The molecule has 0 aliphatic carbocycles. The van der Waals surface area contributed by atoms with Crippen molar-refractivity contribution >= 4 is 43.3 Å². The van der Waals surface area contributed by atoms with Gasteiger partial charge in [0, 0.05) is 31.8 Å². The number of phosphoric acid groups is 1. The maximum atomic E-state index is 13.7. The first kappa shape index (κ1) is 47.5. The number of carbonyl (C=O) groups excluding carboxylic acids is 6. The molecule has 56 heavy (non-hydrogen) atoms. The summed E-state index contributed by atoms with van der Waals surface area (Å²) in [4.78, 5) is 104. The van der Waals surface area contributed by atoms with Crippen LogP contribution in [0.1, 0.15) is 77.5 Å². The highest BCUT2D eigenvalue weighted by Gasteiger charge is 2.35. The summed E-state index contributed by atoms with van der Waals surface area (Å²) < 4.78 is 15.7. The highest BCUT2D eigenvalue weighted by atomic mass is 31.2. The van der Waals surface area contributed by atoms with E-state index < -0.39 is 74.2 Å². The van der Waals surface area contributed by atoms with Crippen LogP contribution < -0.4 is 27.0 Å². The third-order valence-corrected chi connectivity index (χ3v) is 9.29. The summed E-state index contributed by atoms with van der Waals surface area (Å²) in [6, 6.07) is 4.24. The quantitative estimate of drug-likeness (QED) is 0.0447. The molecule has 5 atom stereocenters. The Morgan fingerprint density at radius 3 is 2.05 bits per heavy atom. The Balaban J connectivity index is 2.07. The van der Waals surface area contributed by atoms with Crippen LogP contribution in [-0.2, 0) is 50.7 Å². The van der Waals surface area contributed by atoms with E-state index in [0.717, 1.165) is 39.0 Å². The fraction of sp³-hybridized carbons (Fsp3) is 0.583. The van der Waals surface area contributed by atoms with Crippen molar-refractivity contribution in [3.05, 3.63) is 54.1 Å². The van der Waals surface area contributed by atoms with Crippen LogP contribution in [0.4, 0.5) is 0 Å². The molecule has 0 bridgehead atoms. The first-order valence-corrected chi connectivity index (χ1v) is 20.0. The third-order valence-electron chi connectivity index (χ3n) is 8.68. The van der Waals surface area contributed by atoms with Crippen LogP contribution in [-0.4, -0.2) is 115 Å². The molecule has 0 saturated carbocycles. The Hall–Kier alpha value is -4.68. The zero-order chi connectivity index (χ0) is 41.8. The molecule has 0 spiro atoms. The first-order chi connectivity index (χ1) is 26.4. The number of carbonyl (C=O) groups is 6. The summed E-state index contributed by atoms with van der Waals surface area (Å²) >= 11 is 0. The third kappa shape index (κ3) is 18.3. The number of aryl methyl sites for hydroxylation is 1. The van der Waals surface area contributed by atoms with Crippen LogP contribution in [0.25, 0.3) is 0 Å². The predicted molar refractivity (Wildman–Crippen MR) is 204 cm³/mol. The standard InChI is InChI=1S/C36H57N8O11P/c1-23(2)17-28(40-31(47)20-44(25(4)46)16-12-7-5-6-9-13-26-14-10-8-11-15-26)34(49)41-29(18-27-19-38-22-39-27)35(50)42-30(21-45)36(51)43-32(33(37)48)24(3)55-56(52,53)54/h8,10-11,14-15,19,22-24,28-30,32,45H,5-7,9,12-13,16-18,20-21H2,1-4H3,(H2,37,48)(H,38,39)(H,40,47)(H,41,49)(H,42,50)(H,43,51)(H2,52,53,54)/t24-,28+,29+,30+,32+/m1/s1. The van der Waals surface area contributed by atoms with Gasteiger partial charge in [0.1, 0.15) is 24.2 Å². The number of unbranched alkanes of at least 4 members (excludes halogenated alkanes) is 4. The number of aliphatic hydroxyl groups is 1. The smallest absolute Gasteiger partial charge is 0.394 e. The highest BCUT2D eigenvalue weighted by molar-refractivity contribution is 7.46. The minimum atomic E-state index is -5.09. The molecule has 10 N–H and O–H groups in total. The molecule has 0 aliphatic rings. The van der Waals surface area contributed by atoms with Gasteiger partial charge in [-0.15, -0.1) is 0 Å². The van der Waals surface area contributed by atoms with Gasteiger partial charge >= 0.3 is 7.82 Å². The van der Waals surface area contributed by atoms with Gasteiger partial charge in [-0.05, 0) is 44.1 Å². The summed E-state index contributed by atoms with van der Waals surface area (Å²) in [5, 5.41) is 19.6. The average Bonchev–Trinajstić information content (AvgIpc) is 3.63. The largest absolute Gasteiger partial charge is 0.469 e. The number of aromatic nitrogens is 2. The Kier molecular flexibility index (Phi) is 20.4. The molecule has 2 aromatic rings. The number of imidazole rings is 1. The monoisotopic (exact) mass is 808 g/mol. The molecule has 0 radical (unpaired) electrons. The molecular formula is C36H57N8O11P. The molecule has 312 valence electrons. The number of benzene rings is 1. The molecule has 1 aromatic carbocycles. The summed E-state index contributed by atoms with van der Waals surface area (Å²) in [6.45, 7) is 5.20. The van der Waals surface area contributed by atoms with E-state index in [1.807, 2.05) is 32.0 Å². The van der Waals surface area contributed by atoms with Crippen molar-refractivity contribution in [2.24, 2.45) is 11.7 Å². The molecule has 20 heteroatoms. The van der Waals surface area contributed by atoms with Crippen LogP contribution in [0, 0.1) is 5.92 Å². The summed E-state index contributed by atoms with van der Waals surface area (Å²) in [5.74, 6) is -5.01. The van der Waals surface area contributed by atoms with E-state index in [4.69, 9.17) is 15.5 Å². The molecule has 0 saturated heterocycles. The predicted octanol–water partition coefficient (Wildman–Crippen LogP) is -0.0454. The molecular weight excluding hydrogens is 751 g/mol. The van der Waals surface area contributed by atoms with Gasteiger partial charge < -0.3 is 51.8 Å². The van der Waals surface area contributed by atoms with E-state index in [1.165, 1.54) is 29.9 Å². The van der Waals surface area contributed by atoms with Crippen LogP contribution in [0.5, 0.6) is 0 Å². The molecule has 0 aliphatic heterocycles. The average molecular weight is 809 g/mol. The van der Waals surface area contributed by atoms with Crippen molar-refractivity contribution in [2.75, 3.05) is 19.7 Å². The topological polar surface area (TPSA) is 295 Å². The maximum Gasteiger partial charge on any atom is 0.469 e. The molecule has 1 heterocycles. The van der Waals surface area contributed by atoms with E-state index in [9.17, 15) is 38.4 Å². The minimum Gasteiger partial charge on any atom is -0.394 e. The molecule has 1 aromatic heterocycles.